The van der Waals surface area contributed by atoms with Crippen molar-refractivity contribution in [1.29, 1.82) is 5.26 Å². The minimum atomic E-state index is -0.448. The first-order valence-electron chi connectivity index (χ1n) is 9.72. The molecule has 0 unspecified atom stereocenters. The fourth-order valence-electron chi connectivity index (χ4n) is 3.71. The molecule has 4 heteroatoms. The zero-order chi connectivity index (χ0) is 21.3. The molecule has 0 fully saturated rings. The van der Waals surface area contributed by atoms with Crippen LogP contribution in [-0.4, -0.2) is 10.4 Å². The van der Waals surface area contributed by atoms with E-state index in [1.165, 1.54) is 0 Å². The van der Waals surface area contributed by atoms with Gasteiger partial charge >= 0.3 is 0 Å². The van der Waals surface area contributed by atoms with Gasteiger partial charge in [0.15, 0.2) is 5.78 Å². The van der Waals surface area contributed by atoms with E-state index in [0.717, 1.165) is 16.7 Å². The number of hydrogen-bond donors (Lipinski definition) is 0. The maximum Gasteiger partial charge on any atom is 0.270 e. The fraction of sp³-hybridized carbons (Fsp3) is 0.115. The Labute approximate surface area is 174 Å². The lowest BCUT2D eigenvalue weighted by Crippen LogP contribution is -2.27. The number of pyridine rings is 1. The number of aromatic nitrogens is 1. The Hall–Kier alpha value is -3.97. The Morgan fingerprint density at radius 2 is 1.53 bits per heavy atom. The Kier molecular flexibility index (Phi) is 5.04. The van der Waals surface area contributed by atoms with E-state index in [-0.39, 0.29) is 16.9 Å². The molecule has 0 spiro atoms. The molecule has 0 saturated carbocycles. The predicted octanol–water partition coefficient (Wildman–Crippen LogP) is 4.77. The van der Waals surface area contributed by atoms with Gasteiger partial charge in [0.25, 0.3) is 5.56 Å². The first-order valence-corrected chi connectivity index (χ1v) is 9.72. The molecule has 0 aliphatic heterocycles. The first-order chi connectivity index (χ1) is 14.5. The number of fused-ring (bicyclic) bond motifs is 1. The third kappa shape index (κ3) is 3.31. The zero-order valence-corrected chi connectivity index (χ0v) is 16.8. The molecule has 4 rings (SSSR count). The van der Waals surface area contributed by atoms with Gasteiger partial charge in [-0.15, -0.1) is 0 Å². The highest BCUT2D eigenvalue weighted by atomic mass is 16.1. The molecular weight excluding hydrogens is 372 g/mol. The fourth-order valence-corrected chi connectivity index (χ4v) is 3.71. The van der Waals surface area contributed by atoms with Crippen LogP contribution < -0.4 is 5.56 Å². The van der Waals surface area contributed by atoms with E-state index in [1.807, 2.05) is 68.4 Å². The summed E-state index contributed by atoms with van der Waals surface area (Å²) in [7, 11) is 0. The summed E-state index contributed by atoms with van der Waals surface area (Å²) in [4.78, 5) is 26.7. The molecule has 0 N–H and O–H groups in total. The van der Waals surface area contributed by atoms with E-state index < -0.39 is 5.56 Å². The van der Waals surface area contributed by atoms with Gasteiger partial charge in [0.1, 0.15) is 11.6 Å². The van der Waals surface area contributed by atoms with Crippen LogP contribution in [0.3, 0.4) is 0 Å². The van der Waals surface area contributed by atoms with Crippen LogP contribution in [0.15, 0.2) is 77.6 Å². The summed E-state index contributed by atoms with van der Waals surface area (Å²) in [6.45, 7) is 4.26. The second kappa shape index (κ2) is 7.81. The summed E-state index contributed by atoms with van der Waals surface area (Å²) in [5.74, 6) is -0.315. The SMILES string of the molecule is Cc1cc2c(C(=O)c3ccccc3)c(C#N)c(=O)n(Cc3ccccc3)c2cc1C. The van der Waals surface area contributed by atoms with Crippen LogP contribution in [0.25, 0.3) is 10.9 Å². The summed E-state index contributed by atoms with van der Waals surface area (Å²) in [6, 6.07) is 24.2. The Morgan fingerprint density at radius 3 is 2.17 bits per heavy atom. The van der Waals surface area contributed by atoms with Crippen molar-refractivity contribution in [3.05, 3.63) is 117 Å². The average molecular weight is 392 g/mol. The van der Waals surface area contributed by atoms with Gasteiger partial charge in [0.2, 0.25) is 0 Å². The first kappa shape index (κ1) is 19.4. The molecule has 0 aliphatic rings. The quantitative estimate of drug-likeness (QED) is 0.470. The monoisotopic (exact) mass is 392 g/mol. The van der Waals surface area contributed by atoms with Crippen LogP contribution >= 0.6 is 0 Å². The molecule has 0 bridgehead atoms. The highest BCUT2D eigenvalue weighted by Gasteiger charge is 2.23. The highest BCUT2D eigenvalue weighted by molar-refractivity contribution is 6.17. The number of ketones is 1. The van der Waals surface area contributed by atoms with Gasteiger partial charge in [-0.25, -0.2) is 0 Å². The van der Waals surface area contributed by atoms with Crippen molar-refractivity contribution in [3.63, 3.8) is 0 Å². The normalized spacial score (nSPS) is 10.7. The van der Waals surface area contributed by atoms with E-state index in [0.29, 0.717) is 23.0 Å². The summed E-state index contributed by atoms with van der Waals surface area (Å²) in [6.07, 6.45) is 0. The van der Waals surface area contributed by atoms with Crippen molar-refractivity contribution >= 4 is 16.7 Å². The van der Waals surface area contributed by atoms with E-state index in [2.05, 4.69) is 0 Å². The van der Waals surface area contributed by atoms with Crippen LogP contribution in [0.2, 0.25) is 0 Å². The van der Waals surface area contributed by atoms with Gasteiger partial charge in [0, 0.05) is 10.9 Å². The number of carbonyl (C=O) groups excluding carboxylic acids is 1. The van der Waals surface area contributed by atoms with E-state index in [4.69, 9.17) is 0 Å². The number of hydrogen-bond acceptors (Lipinski definition) is 3. The number of nitrogens with zero attached hydrogens (tertiary/aromatic N) is 2. The van der Waals surface area contributed by atoms with E-state index in [9.17, 15) is 14.9 Å². The smallest absolute Gasteiger partial charge is 0.270 e. The summed E-state index contributed by atoms with van der Waals surface area (Å²) < 4.78 is 1.59. The van der Waals surface area contributed by atoms with Gasteiger partial charge in [-0.2, -0.15) is 5.26 Å². The molecule has 4 nitrogen and oxygen atoms in total. The van der Waals surface area contributed by atoms with Crippen LogP contribution in [0.5, 0.6) is 0 Å². The molecular formula is C26H20N2O2. The maximum absolute atomic E-state index is 13.4. The van der Waals surface area contributed by atoms with Crippen LogP contribution in [0.1, 0.15) is 38.2 Å². The number of aryl methyl sites for hydroxylation is 2. The van der Waals surface area contributed by atoms with Crippen molar-refractivity contribution in [3.8, 4) is 6.07 Å². The Bertz CT molecular complexity index is 1360. The molecule has 146 valence electrons. The molecule has 1 aromatic heterocycles. The molecule has 1 heterocycles. The summed E-state index contributed by atoms with van der Waals surface area (Å²) >= 11 is 0. The minimum Gasteiger partial charge on any atom is -0.303 e. The summed E-state index contributed by atoms with van der Waals surface area (Å²) in [5.41, 5.74) is 3.69. The molecule has 0 atom stereocenters. The maximum atomic E-state index is 13.4. The number of rotatable bonds is 4. The minimum absolute atomic E-state index is 0.115. The van der Waals surface area contributed by atoms with Crippen molar-refractivity contribution in [2.75, 3.05) is 0 Å². The summed E-state index contributed by atoms with van der Waals surface area (Å²) in [5, 5.41) is 10.5. The second-order valence-corrected chi connectivity index (χ2v) is 7.39. The number of benzene rings is 3. The lowest BCUT2D eigenvalue weighted by atomic mass is 9.93. The van der Waals surface area contributed by atoms with Crippen molar-refractivity contribution in [2.24, 2.45) is 0 Å². The molecule has 0 amide bonds. The van der Waals surface area contributed by atoms with Crippen LogP contribution in [0, 0.1) is 25.2 Å². The third-order valence-electron chi connectivity index (χ3n) is 5.44. The standard InChI is InChI=1S/C26H20N2O2/c1-17-13-21-23(14-18(17)2)28(16-19-9-5-3-6-10-19)26(30)22(15-27)24(21)25(29)20-11-7-4-8-12-20/h3-14H,16H2,1-2H3. The van der Waals surface area contributed by atoms with Crippen LogP contribution in [-0.2, 0) is 6.54 Å². The molecule has 3 aromatic carbocycles. The van der Waals surface area contributed by atoms with E-state index >= 15 is 0 Å². The van der Waals surface area contributed by atoms with Gasteiger partial charge in [0.05, 0.1) is 17.6 Å². The largest absolute Gasteiger partial charge is 0.303 e. The van der Waals surface area contributed by atoms with Gasteiger partial charge < -0.3 is 4.57 Å². The Morgan fingerprint density at radius 1 is 0.933 bits per heavy atom. The van der Waals surface area contributed by atoms with Gasteiger partial charge in [-0.1, -0.05) is 60.7 Å². The number of nitriles is 1. The number of carbonyl (C=O) groups is 1. The molecule has 0 saturated heterocycles. The molecule has 4 aromatic rings. The molecule has 30 heavy (non-hydrogen) atoms. The third-order valence-corrected chi connectivity index (χ3v) is 5.44. The topological polar surface area (TPSA) is 62.9 Å². The van der Waals surface area contributed by atoms with Crippen LogP contribution in [0.4, 0.5) is 0 Å². The van der Waals surface area contributed by atoms with Gasteiger partial charge in [-0.05, 0) is 42.7 Å². The van der Waals surface area contributed by atoms with Crippen molar-refractivity contribution < 1.29 is 4.79 Å². The second-order valence-electron chi connectivity index (χ2n) is 7.39. The van der Waals surface area contributed by atoms with Gasteiger partial charge in [-0.3, -0.25) is 9.59 Å². The van der Waals surface area contributed by atoms with Crippen molar-refractivity contribution in [2.45, 2.75) is 20.4 Å². The average Bonchev–Trinajstić information content (AvgIpc) is 2.77. The van der Waals surface area contributed by atoms with Crippen molar-refractivity contribution in [1.82, 2.24) is 4.57 Å². The zero-order valence-electron chi connectivity index (χ0n) is 16.8. The molecule has 0 radical (unpaired) electrons. The highest BCUT2D eigenvalue weighted by Crippen LogP contribution is 2.26. The Balaban J connectivity index is 2.07. The lowest BCUT2D eigenvalue weighted by Gasteiger charge is -2.17. The predicted molar refractivity (Wildman–Crippen MR) is 118 cm³/mol. The van der Waals surface area contributed by atoms with E-state index in [1.54, 1.807) is 28.8 Å². The lowest BCUT2D eigenvalue weighted by molar-refractivity contribution is 0.104. The molecule has 0 aliphatic carbocycles.